The maximum Gasteiger partial charge on any atom is 0.410 e. The lowest BCUT2D eigenvalue weighted by atomic mass is 10.0. The highest BCUT2D eigenvalue weighted by Gasteiger charge is 2.35. The van der Waals surface area contributed by atoms with E-state index in [0.717, 1.165) is 5.56 Å². The number of nitrogens with one attached hydrogen (secondary N) is 1. The fourth-order valence-corrected chi connectivity index (χ4v) is 2.26. The lowest BCUT2D eigenvalue weighted by Gasteiger charge is -2.33. The van der Waals surface area contributed by atoms with Gasteiger partial charge in [-0.05, 0) is 32.4 Å². The molecule has 5 nitrogen and oxygen atoms in total. The van der Waals surface area contributed by atoms with Crippen LogP contribution >= 0.6 is 0 Å². The van der Waals surface area contributed by atoms with Gasteiger partial charge in [-0.3, -0.25) is 9.69 Å². The number of hydrogen-bond donors (Lipinski definition) is 1. The van der Waals surface area contributed by atoms with E-state index in [1.807, 2.05) is 39.0 Å². The number of ether oxygens (including phenoxy) is 1. The van der Waals surface area contributed by atoms with Gasteiger partial charge in [-0.15, -0.1) is 0 Å². The molecule has 0 bridgehead atoms. The Morgan fingerprint density at radius 1 is 1.40 bits per heavy atom. The summed E-state index contributed by atoms with van der Waals surface area (Å²) < 4.78 is 4.94. The van der Waals surface area contributed by atoms with Crippen molar-refractivity contribution in [1.82, 2.24) is 10.2 Å². The van der Waals surface area contributed by atoms with Gasteiger partial charge in [0.05, 0.1) is 12.1 Å². The molecule has 1 aliphatic heterocycles. The van der Waals surface area contributed by atoms with Crippen molar-refractivity contribution in [3.8, 4) is 0 Å². The van der Waals surface area contributed by atoms with Crippen LogP contribution in [0, 0.1) is 6.92 Å². The fraction of sp³-hybridized carbons (Fsp3) is 0.467. The van der Waals surface area contributed by atoms with Gasteiger partial charge >= 0.3 is 6.09 Å². The van der Waals surface area contributed by atoms with Gasteiger partial charge in [-0.2, -0.15) is 0 Å². The van der Waals surface area contributed by atoms with Crippen molar-refractivity contribution in [3.63, 3.8) is 0 Å². The second kappa shape index (κ2) is 5.53. The Balaban J connectivity index is 1.99. The monoisotopic (exact) mass is 276 g/mol. The first-order chi connectivity index (χ1) is 9.42. The minimum atomic E-state index is -0.466. The van der Waals surface area contributed by atoms with Gasteiger partial charge in [0.25, 0.3) is 5.91 Å². The van der Waals surface area contributed by atoms with Crippen LogP contribution in [-0.4, -0.2) is 42.1 Å². The van der Waals surface area contributed by atoms with Gasteiger partial charge < -0.3 is 10.1 Å². The number of nitrogens with zero attached hydrogens (tertiary/aromatic N) is 1. The summed E-state index contributed by atoms with van der Waals surface area (Å²) in [6.07, 6.45) is -0.319. The molecule has 1 N–H and O–H groups in total. The number of carbonyl (C=O) groups excluding carboxylic acids is 2. The predicted molar refractivity (Wildman–Crippen MR) is 75.6 cm³/mol. The molecule has 0 radical (unpaired) electrons. The van der Waals surface area contributed by atoms with Crippen molar-refractivity contribution in [2.75, 3.05) is 19.7 Å². The smallest absolute Gasteiger partial charge is 0.410 e. The number of aryl methyl sites for hydroxylation is 1. The first-order valence-electron chi connectivity index (χ1n) is 6.70. The SMILES string of the molecule is Cc1ccccc1C(=O)NCC(C)(C)N1CCOC1=O. The molecule has 0 spiro atoms. The molecule has 0 aliphatic carbocycles. The van der Waals surface area contributed by atoms with E-state index in [-0.39, 0.29) is 12.0 Å². The van der Waals surface area contributed by atoms with Crippen LogP contribution in [0.3, 0.4) is 0 Å². The van der Waals surface area contributed by atoms with E-state index >= 15 is 0 Å². The molecule has 108 valence electrons. The predicted octanol–water partition coefficient (Wildman–Crippen LogP) is 1.96. The van der Waals surface area contributed by atoms with E-state index in [2.05, 4.69) is 5.32 Å². The summed E-state index contributed by atoms with van der Waals surface area (Å²) in [4.78, 5) is 25.4. The standard InChI is InChI=1S/C15H20N2O3/c1-11-6-4-5-7-12(11)13(18)16-10-15(2,3)17-8-9-20-14(17)19/h4-7H,8-10H2,1-3H3,(H,16,18). The summed E-state index contributed by atoms with van der Waals surface area (Å²) >= 11 is 0. The highest BCUT2D eigenvalue weighted by Crippen LogP contribution is 2.18. The van der Waals surface area contributed by atoms with E-state index in [1.54, 1.807) is 11.0 Å². The van der Waals surface area contributed by atoms with Gasteiger partial charge in [-0.1, -0.05) is 18.2 Å². The number of hydrogen-bond acceptors (Lipinski definition) is 3. The van der Waals surface area contributed by atoms with Crippen LogP contribution in [0.15, 0.2) is 24.3 Å². The molecule has 20 heavy (non-hydrogen) atoms. The lowest BCUT2D eigenvalue weighted by molar-refractivity contribution is 0.0902. The van der Waals surface area contributed by atoms with E-state index in [0.29, 0.717) is 25.3 Å². The first-order valence-corrected chi connectivity index (χ1v) is 6.70. The third kappa shape index (κ3) is 2.92. The normalized spacial score (nSPS) is 15.2. The van der Waals surface area contributed by atoms with E-state index in [4.69, 9.17) is 4.74 Å². The Hall–Kier alpha value is -2.04. The number of cyclic esters (lactones) is 1. The van der Waals surface area contributed by atoms with Crippen molar-refractivity contribution >= 4 is 12.0 Å². The van der Waals surface area contributed by atoms with Crippen LogP contribution in [0.25, 0.3) is 0 Å². The number of amides is 2. The molecular weight excluding hydrogens is 256 g/mol. The van der Waals surface area contributed by atoms with Crippen molar-refractivity contribution in [1.29, 1.82) is 0 Å². The summed E-state index contributed by atoms with van der Waals surface area (Å²) in [7, 11) is 0. The molecule has 2 rings (SSSR count). The largest absolute Gasteiger partial charge is 0.448 e. The molecule has 1 fully saturated rings. The highest BCUT2D eigenvalue weighted by molar-refractivity contribution is 5.95. The Morgan fingerprint density at radius 3 is 2.70 bits per heavy atom. The number of rotatable bonds is 4. The molecule has 1 aromatic carbocycles. The molecule has 1 aromatic rings. The molecule has 0 aromatic heterocycles. The van der Waals surface area contributed by atoms with Crippen molar-refractivity contribution in [3.05, 3.63) is 35.4 Å². The quantitative estimate of drug-likeness (QED) is 0.914. The van der Waals surface area contributed by atoms with Crippen LogP contribution in [0.1, 0.15) is 29.8 Å². The summed E-state index contributed by atoms with van der Waals surface area (Å²) in [5, 5.41) is 2.89. The Bertz CT molecular complexity index is 526. The fourth-order valence-electron chi connectivity index (χ4n) is 2.26. The molecule has 0 atom stereocenters. The van der Waals surface area contributed by atoms with E-state index in [9.17, 15) is 9.59 Å². The van der Waals surface area contributed by atoms with E-state index in [1.165, 1.54) is 0 Å². The minimum absolute atomic E-state index is 0.122. The molecule has 5 heteroatoms. The molecule has 2 amide bonds. The van der Waals surface area contributed by atoms with Gasteiger partial charge in [0.1, 0.15) is 6.61 Å². The van der Waals surface area contributed by atoms with E-state index < -0.39 is 5.54 Å². The Kier molecular flexibility index (Phi) is 3.97. The van der Waals surface area contributed by atoms with Crippen LogP contribution in [0.5, 0.6) is 0 Å². The maximum absolute atomic E-state index is 12.2. The summed E-state index contributed by atoms with van der Waals surface area (Å²) in [6, 6.07) is 7.43. The van der Waals surface area contributed by atoms with Crippen molar-refractivity contribution in [2.45, 2.75) is 26.3 Å². The Labute approximate surface area is 118 Å². The molecule has 1 heterocycles. The average Bonchev–Trinajstić information content (AvgIpc) is 2.84. The zero-order chi connectivity index (χ0) is 14.8. The highest BCUT2D eigenvalue weighted by atomic mass is 16.6. The first kappa shape index (κ1) is 14.4. The summed E-state index contributed by atoms with van der Waals surface area (Å²) in [5.41, 5.74) is 1.13. The number of carbonyl (C=O) groups is 2. The van der Waals surface area contributed by atoms with Crippen LogP contribution in [-0.2, 0) is 4.74 Å². The zero-order valence-corrected chi connectivity index (χ0v) is 12.1. The molecular formula is C15H20N2O3. The van der Waals surface area contributed by atoms with Crippen LogP contribution in [0.2, 0.25) is 0 Å². The van der Waals surface area contributed by atoms with Crippen LogP contribution < -0.4 is 5.32 Å². The molecule has 0 saturated carbocycles. The average molecular weight is 276 g/mol. The topological polar surface area (TPSA) is 58.6 Å². The summed E-state index contributed by atoms with van der Waals surface area (Å²) in [6.45, 7) is 7.09. The minimum Gasteiger partial charge on any atom is -0.448 e. The van der Waals surface area contributed by atoms with Gasteiger partial charge in [0, 0.05) is 12.1 Å². The molecule has 1 aliphatic rings. The third-order valence-electron chi connectivity index (χ3n) is 3.56. The Morgan fingerprint density at radius 2 is 2.10 bits per heavy atom. The third-order valence-corrected chi connectivity index (χ3v) is 3.56. The maximum atomic E-state index is 12.2. The zero-order valence-electron chi connectivity index (χ0n) is 12.1. The van der Waals surface area contributed by atoms with Gasteiger partial charge in [0.15, 0.2) is 0 Å². The van der Waals surface area contributed by atoms with Crippen LogP contribution in [0.4, 0.5) is 4.79 Å². The number of benzene rings is 1. The van der Waals surface area contributed by atoms with Crippen molar-refractivity contribution in [2.24, 2.45) is 0 Å². The van der Waals surface area contributed by atoms with Gasteiger partial charge in [0.2, 0.25) is 0 Å². The second-order valence-electron chi connectivity index (χ2n) is 5.58. The molecule has 0 unspecified atom stereocenters. The van der Waals surface area contributed by atoms with Crippen molar-refractivity contribution < 1.29 is 14.3 Å². The van der Waals surface area contributed by atoms with Gasteiger partial charge in [-0.25, -0.2) is 4.79 Å². The second-order valence-corrected chi connectivity index (χ2v) is 5.58. The lowest BCUT2D eigenvalue weighted by Crippen LogP contribution is -2.52. The molecule has 1 saturated heterocycles. The summed E-state index contributed by atoms with van der Waals surface area (Å²) in [5.74, 6) is -0.122.